The first kappa shape index (κ1) is 39.9. The number of nitrogens with one attached hydrogen (secondary N) is 2. The maximum absolute atomic E-state index is 13.1. The molecule has 0 fully saturated rings. The van der Waals surface area contributed by atoms with Crippen LogP contribution in [0.4, 0.5) is 0 Å². The summed E-state index contributed by atoms with van der Waals surface area (Å²) in [7, 11) is -8.45. The zero-order valence-electron chi connectivity index (χ0n) is 26.9. The van der Waals surface area contributed by atoms with Crippen LogP contribution in [0.2, 0.25) is 0 Å². The Morgan fingerprint density at radius 3 is 1.44 bits per heavy atom. The second-order valence-corrected chi connectivity index (χ2v) is 14.7. The van der Waals surface area contributed by atoms with Crippen LogP contribution in [0.1, 0.15) is 41.5 Å². The predicted octanol–water partition coefficient (Wildman–Crippen LogP) is 0.927. The van der Waals surface area contributed by atoms with Crippen LogP contribution in [0, 0.1) is 0 Å². The summed E-state index contributed by atoms with van der Waals surface area (Å²) in [5.74, 6) is -2.89. The van der Waals surface area contributed by atoms with Gasteiger partial charge in [0, 0.05) is 51.2 Å². The third kappa shape index (κ3) is 14.9. The summed E-state index contributed by atoms with van der Waals surface area (Å²) in [4.78, 5) is 93.1. The second kappa shape index (κ2) is 18.5. The van der Waals surface area contributed by atoms with Gasteiger partial charge in [0.15, 0.2) is 0 Å². The molecule has 3 amide bonds. The number of rotatable bonds is 19. The fraction of sp³-hybridized carbons (Fsp3) is 0.355. The monoisotopic (exact) mass is 738 g/mol. The SMILES string of the molecule is O=C(Cc1ccc(CP(=O)(O)O)cc1)NCCN(CCNC(=O)Cc1ccc(CP(=O)(O)O)cc1)C(=O)CCCC(=O)On1c(O)ccc1O. The quantitative estimate of drug-likeness (QED) is 0.0797. The van der Waals surface area contributed by atoms with Gasteiger partial charge in [-0.05, 0) is 28.7 Å². The number of hydrogen-bond acceptors (Lipinski definition) is 9. The zero-order chi connectivity index (χ0) is 36.9. The molecule has 3 aromatic rings. The average molecular weight is 739 g/mol. The summed E-state index contributed by atoms with van der Waals surface area (Å²) in [6.07, 6.45) is -1.12. The number of benzene rings is 2. The van der Waals surface area contributed by atoms with Gasteiger partial charge < -0.3 is 50.2 Å². The zero-order valence-corrected chi connectivity index (χ0v) is 28.7. The van der Waals surface area contributed by atoms with E-state index in [1.165, 1.54) is 29.2 Å². The summed E-state index contributed by atoms with van der Waals surface area (Å²) < 4.78 is 22.9. The van der Waals surface area contributed by atoms with Crippen LogP contribution < -0.4 is 15.5 Å². The summed E-state index contributed by atoms with van der Waals surface area (Å²) >= 11 is 0. The van der Waals surface area contributed by atoms with Crippen LogP contribution in [-0.4, -0.2) is 89.3 Å². The van der Waals surface area contributed by atoms with E-state index in [4.69, 9.17) is 24.4 Å². The molecule has 0 unspecified atom stereocenters. The van der Waals surface area contributed by atoms with E-state index in [2.05, 4.69) is 10.6 Å². The number of aromatic nitrogens is 1. The molecule has 0 aliphatic carbocycles. The smallest absolute Gasteiger partial charge is 0.333 e. The minimum atomic E-state index is -4.23. The highest BCUT2D eigenvalue weighted by molar-refractivity contribution is 7.51. The van der Waals surface area contributed by atoms with Crippen molar-refractivity contribution < 1.29 is 62.9 Å². The van der Waals surface area contributed by atoms with Crippen LogP contribution >= 0.6 is 15.2 Å². The summed E-state index contributed by atoms with van der Waals surface area (Å²) in [6.45, 7) is 0.254. The van der Waals surface area contributed by atoms with E-state index in [1.807, 2.05) is 0 Å². The van der Waals surface area contributed by atoms with Gasteiger partial charge in [-0.2, -0.15) is 0 Å². The van der Waals surface area contributed by atoms with E-state index < -0.39 is 45.2 Å². The lowest BCUT2D eigenvalue weighted by molar-refractivity contribution is -0.145. The fourth-order valence-corrected chi connectivity index (χ4v) is 6.08. The van der Waals surface area contributed by atoms with Crippen molar-refractivity contribution in [2.75, 3.05) is 26.2 Å². The third-order valence-electron chi connectivity index (χ3n) is 7.08. The van der Waals surface area contributed by atoms with Gasteiger partial charge in [-0.1, -0.05) is 48.5 Å². The molecule has 19 heteroatoms. The van der Waals surface area contributed by atoms with Crippen molar-refractivity contribution in [2.45, 2.75) is 44.4 Å². The van der Waals surface area contributed by atoms with Gasteiger partial charge in [-0.15, -0.1) is 4.73 Å². The molecule has 1 heterocycles. The number of aromatic hydroxyl groups is 2. The Kier molecular flexibility index (Phi) is 14.8. The maximum atomic E-state index is 13.1. The van der Waals surface area contributed by atoms with E-state index in [-0.39, 0.29) is 76.0 Å². The van der Waals surface area contributed by atoms with Crippen LogP contribution in [-0.2, 0) is 53.5 Å². The number of amides is 3. The van der Waals surface area contributed by atoms with Gasteiger partial charge >= 0.3 is 21.2 Å². The first-order valence-electron chi connectivity index (χ1n) is 15.3. The van der Waals surface area contributed by atoms with Gasteiger partial charge in [-0.25, -0.2) is 4.79 Å². The first-order chi connectivity index (χ1) is 23.5. The van der Waals surface area contributed by atoms with Crippen molar-refractivity contribution in [1.82, 2.24) is 20.3 Å². The molecule has 50 heavy (non-hydrogen) atoms. The largest absolute Gasteiger partial charge is 0.492 e. The summed E-state index contributed by atoms with van der Waals surface area (Å²) in [5, 5.41) is 24.7. The molecule has 0 atom stereocenters. The lowest BCUT2D eigenvalue weighted by Gasteiger charge is -2.23. The maximum Gasteiger partial charge on any atom is 0.333 e. The molecule has 0 radical (unpaired) electrons. The van der Waals surface area contributed by atoms with E-state index in [9.17, 15) is 38.5 Å². The minimum absolute atomic E-state index is 0.0188. The molecular weight excluding hydrogens is 698 g/mol. The van der Waals surface area contributed by atoms with Crippen molar-refractivity contribution in [3.63, 3.8) is 0 Å². The number of carbonyl (C=O) groups is 4. The first-order valence-corrected chi connectivity index (χ1v) is 18.9. The molecule has 0 aliphatic heterocycles. The highest BCUT2D eigenvalue weighted by Crippen LogP contribution is 2.39. The van der Waals surface area contributed by atoms with Crippen molar-refractivity contribution >= 4 is 38.9 Å². The topological polar surface area (TPSA) is 265 Å². The molecule has 0 saturated carbocycles. The van der Waals surface area contributed by atoms with Crippen molar-refractivity contribution in [1.29, 1.82) is 0 Å². The van der Waals surface area contributed by atoms with Gasteiger partial charge in [0.25, 0.3) is 0 Å². The third-order valence-corrected chi connectivity index (χ3v) is 8.63. The van der Waals surface area contributed by atoms with Crippen LogP contribution in [0.15, 0.2) is 60.7 Å². The molecule has 8 N–H and O–H groups in total. The fourth-order valence-electron chi connectivity index (χ4n) is 4.70. The van der Waals surface area contributed by atoms with Crippen molar-refractivity contribution in [3.8, 4) is 11.8 Å². The normalized spacial score (nSPS) is 11.5. The molecule has 2 aromatic carbocycles. The molecule has 0 bridgehead atoms. The number of carbonyl (C=O) groups excluding carboxylic acids is 4. The standard InChI is InChI=1S/C31H40N4O13P2/c36-26(18-22-4-8-24(9-5-22)20-49(42,43)44)32-14-16-34(28(38)2-1-3-31(41)48-35-29(39)12-13-30(35)40)17-15-33-27(37)19-23-6-10-25(11-7-23)21-50(45,46)47/h4-13,39-40H,1-3,14-21H2,(H,32,36)(H,33,37)(H2,42,43,44)(H2,45,46,47). The highest BCUT2D eigenvalue weighted by Gasteiger charge is 2.18. The molecule has 3 rings (SSSR count). The molecule has 1 aromatic heterocycles. The Labute approximate surface area is 287 Å². The predicted molar refractivity (Wildman–Crippen MR) is 178 cm³/mol. The van der Waals surface area contributed by atoms with Gasteiger partial charge in [0.05, 0.1) is 25.2 Å². The molecule has 0 saturated heterocycles. The van der Waals surface area contributed by atoms with E-state index >= 15 is 0 Å². The Bertz CT molecular complexity index is 1610. The van der Waals surface area contributed by atoms with Crippen molar-refractivity contribution in [2.24, 2.45) is 0 Å². The molecule has 272 valence electrons. The van der Waals surface area contributed by atoms with E-state index in [0.29, 0.717) is 27.0 Å². The Morgan fingerprint density at radius 2 is 1.04 bits per heavy atom. The van der Waals surface area contributed by atoms with Gasteiger partial charge in [0.2, 0.25) is 29.5 Å². The second-order valence-electron chi connectivity index (χ2n) is 11.4. The molecular formula is C31H40N4O13P2. The van der Waals surface area contributed by atoms with E-state index in [0.717, 1.165) is 12.1 Å². The van der Waals surface area contributed by atoms with E-state index in [1.54, 1.807) is 24.3 Å². The van der Waals surface area contributed by atoms with Gasteiger partial charge in [0.1, 0.15) is 0 Å². The molecule has 0 spiro atoms. The molecule has 17 nitrogen and oxygen atoms in total. The number of nitrogens with zero attached hydrogens (tertiary/aromatic N) is 2. The summed E-state index contributed by atoms with van der Waals surface area (Å²) in [5.41, 5.74) is 2.07. The minimum Gasteiger partial charge on any atom is -0.492 e. The van der Waals surface area contributed by atoms with Crippen molar-refractivity contribution in [3.05, 3.63) is 82.9 Å². The lowest BCUT2D eigenvalue weighted by atomic mass is 10.1. The van der Waals surface area contributed by atoms with Gasteiger partial charge in [-0.3, -0.25) is 23.5 Å². The molecule has 0 aliphatic rings. The Morgan fingerprint density at radius 1 is 0.640 bits per heavy atom. The average Bonchev–Trinajstić information content (AvgIpc) is 3.33. The Hall–Kier alpha value is -4.50. The van der Waals surface area contributed by atoms with Crippen LogP contribution in [0.5, 0.6) is 11.8 Å². The number of hydrogen-bond donors (Lipinski definition) is 8. The lowest BCUT2D eigenvalue weighted by Crippen LogP contribution is -2.43. The highest BCUT2D eigenvalue weighted by atomic mass is 31.2. The van der Waals surface area contributed by atoms with Crippen LogP contribution in [0.3, 0.4) is 0 Å². The Balaban J connectivity index is 1.51. The summed E-state index contributed by atoms with van der Waals surface area (Å²) in [6, 6.07) is 14.7. The van der Waals surface area contributed by atoms with Crippen LogP contribution in [0.25, 0.3) is 0 Å².